The summed E-state index contributed by atoms with van der Waals surface area (Å²) in [5.41, 5.74) is 2.76. The van der Waals surface area contributed by atoms with Crippen LogP contribution in [0.3, 0.4) is 0 Å². The molecule has 0 spiro atoms. The van der Waals surface area contributed by atoms with Crippen molar-refractivity contribution in [1.82, 2.24) is 20.5 Å². The first kappa shape index (κ1) is 26.9. The largest absolute Gasteiger partial charge is 0.361 e. The highest BCUT2D eigenvalue weighted by Gasteiger charge is 2.16. The van der Waals surface area contributed by atoms with Gasteiger partial charge in [-0.2, -0.15) is 0 Å². The number of hydrogen-bond acceptors (Lipinski definition) is 7. The summed E-state index contributed by atoms with van der Waals surface area (Å²) in [7, 11) is 0. The van der Waals surface area contributed by atoms with Gasteiger partial charge < -0.3 is 15.6 Å². The first-order valence-corrected chi connectivity index (χ1v) is 14.0. The second-order valence-electron chi connectivity index (χ2n) is 8.61. The highest BCUT2D eigenvalue weighted by Crippen LogP contribution is 2.23. The fraction of sp³-hybridized carbons (Fsp3) is 0.0690. The van der Waals surface area contributed by atoms with Gasteiger partial charge in [0, 0.05) is 38.8 Å². The van der Waals surface area contributed by atoms with Crippen LogP contribution in [0.25, 0.3) is 17.0 Å². The minimum absolute atomic E-state index is 0.0978. The molecule has 0 aliphatic rings. The first-order chi connectivity index (χ1) is 19.4. The van der Waals surface area contributed by atoms with Crippen molar-refractivity contribution in [2.24, 2.45) is 0 Å². The molecule has 2 aromatic heterocycles. The van der Waals surface area contributed by atoms with Gasteiger partial charge in [-0.25, -0.2) is 0 Å². The van der Waals surface area contributed by atoms with Gasteiger partial charge in [0.1, 0.15) is 10.7 Å². The first-order valence-electron chi connectivity index (χ1n) is 12.2. The van der Waals surface area contributed by atoms with Gasteiger partial charge in [-0.05, 0) is 55.5 Å². The molecule has 40 heavy (non-hydrogen) atoms. The Morgan fingerprint density at radius 1 is 0.925 bits per heavy atom. The summed E-state index contributed by atoms with van der Waals surface area (Å²) in [5.74, 6) is -0.843. The second kappa shape index (κ2) is 12.4. The van der Waals surface area contributed by atoms with Crippen LogP contribution in [0.15, 0.2) is 95.7 Å². The van der Waals surface area contributed by atoms with Crippen LogP contribution in [0.5, 0.6) is 0 Å². The fourth-order valence-corrected chi connectivity index (χ4v) is 5.10. The molecule has 0 aliphatic heterocycles. The molecule has 0 aliphatic carbocycles. The van der Waals surface area contributed by atoms with E-state index in [0.717, 1.165) is 26.4 Å². The van der Waals surface area contributed by atoms with Crippen molar-refractivity contribution in [3.63, 3.8) is 0 Å². The Bertz CT molecular complexity index is 1690. The molecule has 11 heteroatoms. The lowest BCUT2D eigenvalue weighted by Gasteiger charge is -2.12. The highest BCUT2D eigenvalue weighted by molar-refractivity contribution is 8.00. The standard InChI is InChI=1S/C29H24N6O3S2/c1-18-34-35-29(40-18)33-26(36)17-39-22-13-11-21(12-14-22)31-28(38)25(32-27(37)19-7-3-2-4-8-19)15-20-16-30-24-10-6-5-9-23(20)24/h2-16,30H,17H2,1H3,(H,31,38)(H,32,37)(H,33,35,36). The van der Waals surface area contributed by atoms with E-state index in [1.165, 1.54) is 23.1 Å². The molecule has 0 saturated carbocycles. The molecule has 5 aromatic rings. The van der Waals surface area contributed by atoms with Crippen LogP contribution in [0.2, 0.25) is 0 Å². The lowest BCUT2D eigenvalue weighted by molar-refractivity contribution is -0.114. The molecule has 2 heterocycles. The summed E-state index contributed by atoms with van der Waals surface area (Å²) < 4.78 is 0. The summed E-state index contributed by atoms with van der Waals surface area (Å²) in [6.45, 7) is 1.82. The number of benzene rings is 3. The summed E-state index contributed by atoms with van der Waals surface area (Å²) in [6.07, 6.45) is 3.44. The summed E-state index contributed by atoms with van der Waals surface area (Å²) in [6, 6.07) is 23.5. The molecule has 0 saturated heterocycles. The molecular formula is C29H24N6O3S2. The van der Waals surface area contributed by atoms with Gasteiger partial charge in [-0.1, -0.05) is 47.7 Å². The molecular weight excluding hydrogens is 544 g/mol. The zero-order chi connectivity index (χ0) is 27.9. The summed E-state index contributed by atoms with van der Waals surface area (Å²) in [5, 5.41) is 18.3. The topological polar surface area (TPSA) is 129 Å². The van der Waals surface area contributed by atoms with Crippen LogP contribution in [-0.4, -0.2) is 38.7 Å². The molecule has 5 rings (SSSR count). The number of rotatable bonds is 9. The van der Waals surface area contributed by atoms with Gasteiger partial charge in [0.15, 0.2) is 0 Å². The lowest BCUT2D eigenvalue weighted by Crippen LogP contribution is -2.30. The van der Waals surface area contributed by atoms with Crippen molar-refractivity contribution < 1.29 is 14.4 Å². The second-order valence-corrected chi connectivity index (χ2v) is 10.8. The Morgan fingerprint density at radius 2 is 1.68 bits per heavy atom. The Labute approximate surface area is 238 Å². The van der Waals surface area contributed by atoms with Gasteiger partial charge >= 0.3 is 0 Å². The van der Waals surface area contributed by atoms with Crippen LogP contribution in [0.1, 0.15) is 20.9 Å². The van der Waals surface area contributed by atoms with Gasteiger partial charge in [0.2, 0.25) is 11.0 Å². The Morgan fingerprint density at radius 3 is 2.42 bits per heavy atom. The van der Waals surface area contributed by atoms with Crippen molar-refractivity contribution in [3.05, 3.63) is 107 Å². The number of carbonyl (C=O) groups excluding carboxylic acids is 3. The van der Waals surface area contributed by atoms with E-state index in [9.17, 15) is 14.4 Å². The summed E-state index contributed by atoms with van der Waals surface area (Å²) in [4.78, 5) is 42.5. The fourth-order valence-electron chi connectivity index (χ4n) is 3.80. The van der Waals surface area contributed by atoms with Gasteiger partial charge in [0.05, 0.1) is 5.75 Å². The summed E-state index contributed by atoms with van der Waals surface area (Å²) >= 11 is 2.67. The van der Waals surface area contributed by atoms with Crippen molar-refractivity contribution in [3.8, 4) is 0 Å². The lowest BCUT2D eigenvalue weighted by atomic mass is 10.1. The monoisotopic (exact) mass is 568 g/mol. The van der Waals surface area contributed by atoms with Crippen LogP contribution < -0.4 is 16.0 Å². The number of hydrogen-bond donors (Lipinski definition) is 4. The van der Waals surface area contributed by atoms with E-state index < -0.39 is 11.8 Å². The number of aromatic nitrogens is 3. The van der Waals surface area contributed by atoms with Crippen molar-refractivity contribution in [2.75, 3.05) is 16.4 Å². The van der Waals surface area contributed by atoms with E-state index in [4.69, 9.17) is 0 Å². The third-order valence-corrected chi connectivity index (χ3v) is 7.47. The number of carbonyl (C=O) groups is 3. The Balaban J connectivity index is 1.28. The molecule has 0 bridgehead atoms. The smallest absolute Gasteiger partial charge is 0.272 e. The van der Waals surface area contributed by atoms with E-state index in [1.54, 1.807) is 48.7 Å². The maximum Gasteiger partial charge on any atom is 0.272 e. The number of amides is 3. The molecule has 4 N–H and O–H groups in total. The molecule has 0 fully saturated rings. The van der Waals surface area contributed by atoms with E-state index in [0.29, 0.717) is 16.4 Å². The van der Waals surface area contributed by atoms with E-state index in [1.807, 2.05) is 49.4 Å². The molecule has 3 aromatic carbocycles. The number of aryl methyl sites for hydroxylation is 1. The number of nitrogens with zero attached hydrogens (tertiary/aromatic N) is 2. The van der Waals surface area contributed by atoms with E-state index in [2.05, 4.69) is 31.1 Å². The number of fused-ring (bicyclic) bond motifs is 1. The zero-order valence-corrected chi connectivity index (χ0v) is 22.9. The normalized spacial score (nSPS) is 11.3. The molecule has 200 valence electrons. The van der Waals surface area contributed by atoms with E-state index in [-0.39, 0.29) is 17.4 Å². The average molecular weight is 569 g/mol. The molecule has 9 nitrogen and oxygen atoms in total. The molecule has 0 unspecified atom stereocenters. The van der Waals surface area contributed by atoms with Crippen molar-refractivity contribution in [2.45, 2.75) is 11.8 Å². The van der Waals surface area contributed by atoms with Gasteiger partial charge in [-0.15, -0.1) is 22.0 Å². The van der Waals surface area contributed by atoms with Crippen LogP contribution >= 0.6 is 23.1 Å². The third-order valence-electron chi connectivity index (χ3n) is 5.70. The number of aromatic amines is 1. The SMILES string of the molecule is Cc1nnc(NC(=O)CSc2ccc(NC(=O)C(=Cc3c[nH]c4ccccc34)NC(=O)c3ccccc3)cc2)s1. The van der Waals surface area contributed by atoms with Gasteiger partial charge in [0.25, 0.3) is 11.8 Å². The minimum Gasteiger partial charge on any atom is -0.361 e. The van der Waals surface area contributed by atoms with Crippen molar-refractivity contribution >= 4 is 68.6 Å². The minimum atomic E-state index is -0.471. The zero-order valence-electron chi connectivity index (χ0n) is 21.3. The number of nitrogens with one attached hydrogen (secondary N) is 4. The molecule has 3 amide bonds. The third kappa shape index (κ3) is 6.82. The Kier molecular flexibility index (Phi) is 8.33. The quantitative estimate of drug-likeness (QED) is 0.138. The molecule has 0 atom stereocenters. The van der Waals surface area contributed by atoms with Crippen LogP contribution in [0.4, 0.5) is 10.8 Å². The number of anilines is 2. The number of para-hydroxylation sites is 1. The highest BCUT2D eigenvalue weighted by atomic mass is 32.2. The predicted molar refractivity (Wildman–Crippen MR) is 159 cm³/mol. The molecule has 0 radical (unpaired) electrons. The predicted octanol–water partition coefficient (Wildman–Crippen LogP) is 5.47. The van der Waals surface area contributed by atoms with Crippen LogP contribution in [0, 0.1) is 6.92 Å². The van der Waals surface area contributed by atoms with E-state index >= 15 is 0 Å². The van der Waals surface area contributed by atoms with Crippen LogP contribution in [-0.2, 0) is 9.59 Å². The maximum absolute atomic E-state index is 13.3. The maximum atomic E-state index is 13.3. The average Bonchev–Trinajstić information content (AvgIpc) is 3.58. The number of H-pyrrole nitrogens is 1. The number of thioether (sulfide) groups is 1. The van der Waals surface area contributed by atoms with Gasteiger partial charge in [-0.3, -0.25) is 19.7 Å². The Hall–Kier alpha value is -4.74. The van der Waals surface area contributed by atoms with Crippen molar-refractivity contribution in [1.29, 1.82) is 0 Å².